The van der Waals surface area contributed by atoms with E-state index in [0.717, 1.165) is 34.9 Å². The average Bonchev–Trinajstić information content (AvgIpc) is 2.79. The molecule has 1 aliphatic rings. The normalized spacial score (nSPS) is 16.9. The molecule has 0 spiro atoms. The van der Waals surface area contributed by atoms with Crippen LogP contribution >= 0.6 is 0 Å². The van der Waals surface area contributed by atoms with Crippen molar-refractivity contribution in [2.75, 3.05) is 13.1 Å². The molecule has 1 fully saturated rings. The molecule has 1 saturated heterocycles. The van der Waals surface area contributed by atoms with Crippen molar-refractivity contribution in [2.24, 2.45) is 0 Å². The number of H-pyrrole nitrogens is 1. The van der Waals surface area contributed by atoms with Crippen molar-refractivity contribution in [3.05, 3.63) is 64.6 Å². The summed E-state index contributed by atoms with van der Waals surface area (Å²) < 4.78 is 5.95. The average molecular weight is 448 g/mol. The maximum atomic E-state index is 13.0. The Bertz CT molecular complexity index is 1250. The zero-order valence-corrected chi connectivity index (χ0v) is 19.2. The van der Waals surface area contributed by atoms with Gasteiger partial charge in [0, 0.05) is 37.8 Å². The molecule has 0 aliphatic carbocycles. The number of benzene rings is 2. The lowest BCUT2D eigenvalue weighted by Gasteiger charge is -2.34. The first-order valence-electron chi connectivity index (χ1n) is 11.3. The summed E-state index contributed by atoms with van der Waals surface area (Å²) in [6.07, 6.45) is 2.71. The Hall–Kier alpha value is -3.61. The van der Waals surface area contributed by atoms with Gasteiger partial charge in [0.05, 0.1) is 5.39 Å². The van der Waals surface area contributed by atoms with Crippen LogP contribution in [-0.4, -0.2) is 46.9 Å². The van der Waals surface area contributed by atoms with Gasteiger partial charge >= 0.3 is 0 Å². The van der Waals surface area contributed by atoms with Crippen LogP contribution in [0.1, 0.15) is 32.3 Å². The Morgan fingerprint density at radius 3 is 2.70 bits per heavy atom. The summed E-state index contributed by atoms with van der Waals surface area (Å²) in [7, 11) is 0. The van der Waals surface area contributed by atoms with Gasteiger partial charge in [-0.25, -0.2) is 0 Å². The molecule has 2 amide bonds. The standard InChI is InChI=1S/C26H29N3O4/c1-16-7-4-5-9-21(16)24-14-27-25(31)23-13-20(10-11-22(23)24)33-17(2)26(32)29-12-6-8-19(15-29)28-18(3)30/h4-5,7,9-11,13-14,17,19H,6,8,12,15H2,1-3H3,(H,27,31)(H,28,30)/t17-,19+/m1/s1. The van der Waals surface area contributed by atoms with Crippen LogP contribution in [-0.2, 0) is 9.59 Å². The van der Waals surface area contributed by atoms with E-state index in [4.69, 9.17) is 4.74 Å². The molecular weight excluding hydrogens is 418 g/mol. The highest BCUT2D eigenvalue weighted by molar-refractivity contribution is 5.97. The molecule has 1 aliphatic heterocycles. The largest absolute Gasteiger partial charge is 0.481 e. The molecule has 1 aromatic heterocycles. The van der Waals surface area contributed by atoms with Crippen molar-refractivity contribution in [3.63, 3.8) is 0 Å². The highest BCUT2D eigenvalue weighted by Gasteiger charge is 2.28. The fraction of sp³-hybridized carbons (Fsp3) is 0.346. The highest BCUT2D eigenvalue weighted by atomic mass is 16.5. The molecule has 0 bridgehead atoms. The van der Waals surface area contributed by atoms with E-state index < -0.39 is 6.10 Å². The number of amides is 2. The van der Waals surface area contributed by atoms with E-state index in [1.165, 1.54) is 6.92 Å². The van der Waals surface area contributed by atoms with Gasteiger partial charge in [0.25, 0.3) is 11.5 Å². The summed E-state index contributed by atoms with van der Waals surface area (Å²) in [5.74, 6) is 0.240. The number of piperidine rings is 1. The predicted octanol–water partition coefficient (Wildman–Crippen LogP) is 3.40. The van der Waals surface area contributed by atoms with Gasteiger partial charge in [-0.15, -0.1) is 0 Å². The summed E-state index contributed by atoms with van der Waals surface area (Å²) in [4.78, 5) is 41.5. The number of aromatic nitrogens is 1. The summed E-state index contributed by atoms with van der Waals surface area (Å²) in [5.41, 5.74) is 2.90. The second kappa shape index (κ2) is 9.48. The molecule has 172 valence electrons. The number of carbonyl (C=O) groups is 2. The summed E-state index contributed by atoms with van der Waals surface area (Å²) in [6.45, 7) is 6.35. The Balaban J connectivity index is 1.55. The molecule has 33 heavy (non-hydrogen) atoms. The number of carbonyl (C=O) groups excluding carboxylic acids is 2. The lowest BCUT2D eigenvalue weighted by molar-refractivity contribution is -0.139. The zero-order valence-electron chi connectivity index (χ0n) is 19.2. The van der Waals surface area contributed by atoms with E-state index in [1.807, 2.05) is 37.3 Å². The van der Waals surface area contributed by atoms with Gasteiger partial charge < -0.3 is 19.9 Å². The van der Waals surface area contributed by atoms with Crippen molar-refractivity contribution in [1.29, 1.82) is 0 Å². The van der Waals surface area contributed by atoms with Crippen LogP contribution in [0.2, 0.25) is 0 Å². The third-order valence-corrected chi connectivity index (χ3v) is 6.11. The van der Waals surface area contributed by atoms with Crippen molar-refractivity contribution in [3.8, 4) is 16.9 Å². The zero-order chi connectivity index (χ0) is 23.5. The van der Waals surface area contributed by atoms with E-state index in [2.05, 4.69) is 10.3 Å². The molecule has 3 aromatic rings. The second-order valence-electron chi connectivity index (χ2n) is 8.64. The van der Waals surface area contributed by atoms with Crippen LogP contribution in [0, 0.1) is 6.92 Å². The smallest absolute Gasteiger partial charge is 0.263 e. The van der Waals surface area contributed by atoms with Crippen LogP contribution in [0.5, 0.6) is 5.75 Å². The molecular formula is C26H29N3O4. The Kier molecular flexibility index (Phi) is 6.49. The number of ether oxygens (including phenoxy) is 1. The first-order chi connectivity index (χ1) is 15.8. The van der Waals surface area contributed by atoms with Gasteiger partial charge in [0.1, 0.15) is 5.75 Å². The van der Waals surface area contributed by atoms with Crippen molar-refractivity contribution >= 4 is 22.6 Å². The van der Waals surface area contributed by atoms with Gasteiger partial charge in [-0.1, -0.05) is 24.3 Å². The maximum absolute atomic E-state index is 13.0. The molecule has 2 atom stereocenters. The number of hydrogen-bond donors (Lipinski definition) is 2. The molecule has 2 aromatic carbocycles. The van der Waals surface area contributed by atoms with Crippen molar-refractivity contribution < 1.29 is 14.3 Å². The number of rotatable bonds is 5. The van der Waals surface area contributed by atoms with Gasteiger partial charge in [-0.2, -0.15) is 0 Å². The lowest BCUT2D eigenvalue weighted by atomic mass is 9.97. The van der Waals surface area contributed by atoms with E-state index in [9.17, 15) is 14.4 Å². The number of likely N-dealkylation sites (tertiary alicyclic amines) is 1. The van der Waals surface area contributed by atoms with Gasteiger partial charge in [0.2, 0.25) is 5.91 Å². The minimum Gasteiger partial charge on any atom is -0.481 e. The van der Waals surface area contributed by atoms with Crippen LogP contribution in [0.4, 0.5) is 0 Å². The molecule has 2 heterocycles. The van der Waals surface area contributed by atoms with E-state index in [1.54, 1.807) is 30.2 Å². The fourth-order valence-electron chi connectivity index (χ4n) is 4.50. The Labute approximate surface area is 192 Å². The first-order valence-corrected chi connectivity index (χ1v) is 11.3. The lowest BCUT2D eigenvalue weighted by Crippen LogP contribution is -2.52. The van der Waals surface area contributed by atoms with Crippen molar-refractivity contribution in [1.82, 2.24) is 15.2 Å². The fourth-order valence-corrected chi connectivity index (χ4v) is 4.50. The monoisotopic (exact) mass is 447 g/mol. The second-order valence-corrected chi connectivity index (χ2v) is 8.64. The van der Waals surface area contributed by atoms with Crippen LogP contribution in [0.25, 0.3) is 21.9 Å². The quantitative estimate of drug-likeness (QED) is 0.627. The Morgan fingerprint density at radius 1 is 1.15 bits per heavy atom. The number of aryl methyl sites for hydroxylation is 1. The molecule has 0 unspecified atom stereocenters. The summed E-state index contributed by atoms with van der Waals surface area (Å²) in [6, 6.07) is 13.3. The van der Waals surface area contributed by atoms with Crippen LogP contribution in [0.3, 0.4) is 0 Å². The summed E-state index contributed by atoms with van der Waals surface area (Å²) >= 11 is 0. The molecule has 0 saturated carbocycles. The first kappa shape index (κ1) is 22.6. The maximum Gasteiger partial charge on any atom is 0.263 e. The molecule has 2 N–H and O–H groups in total. The van der Waals surface area contributed by atoms with Gasteiger partial charge in [-0.05, 0) is 61.4 Å². The van der Waals surface area contributed by atoms with Crippen molar-refractivity contribution in [2.45, 2.75) is 45.8 Å². The molecule has 7 nitrogen and oxygen atoms in total. The van der Waals surface area contributed by atoms with E-state index in [-0.39, 0.29) is 23.4 Å². The van der Waals surface area contributed by atoms with Gasteiger partial charge in [-0.3, -0.25) is 14.4 Å². The molecule has 0 radical (unpaired) electrons. The number of nitrogens with zero attached hydrogens (tertiary/aromatic N) is 1. The summed E-state index contributed by atoms with van der Waals surface area (Å²) in [5, 5.41) is 4.23. The third-order valence-electron chi connectivity index (χ3n) is 6.11. The van der Waals surface area contributed by atoms with Gasteiger partial charge in [0.15, 0.2) is 6.10 Å². The third kappa shape index (κ3) is 4.92. The van der Waals surface area contributed by atoms with E-state index >= 15 is 0 Å². The molecule has 7 heteroatoms. The Morgan fingerprint density at radius 2 is 1.94 bits per heavy atom. The molecule has 4 rings (SSSR count). The predicted molar refractivity (Wildman–Crippen MR) is 128 cm³/mol. The SMILES string of the molecule is CC(=O)N[C@H]1CCCN(C(=O)[C@@H](C)Oc2ccc3c(-c4ccccc4C)c[nH]c(=O)c3c2)C1. The minimum absolute atomic E-state index is 0.0357. The highest BCUT2D eigenvalue weighted by Crippen LogP contribution is 2.30. The number of hydrogen-bond acceptors (Lipinski definition) is 4. The minimum atomic E-state index is -0.711. The topological polar surface area (TPSA) is 91.5 Å². The van der Waals surface area contributed by atoms with Crippen LogP contribution in [0.15, 0.2) is 53.5 Å². The number of fused-ring (bicyclic) bond motifs is 1. The number of nitrogens with one attached hydrogen (secondary N) is 2. The number of aromatic amines is 1. The number of pyridine rings is 1. The van der Waals surface area contributed by atoms with E-state index in [0.29, 0.717) is 24.2 Å². The van der Waals surface area contributed by atoms with Crippen LogP contribution < -0.4 is 15.6 Å².